The maximum absolute atomic E-state index is 11.5. The molecule has 1 aromatic heterocycles. The summed E-state index contributed by atoms with van der Waals surface area (Å²) in [6.45, 7) is 0. The Balaban J connectivity index is 2.50. The monoisotopic (exact) mass is 356 g/mol. The predicted octanol–water partition coefficient (Wildman–Crippen LogP) is 1.66. The van der Waals surface area contributed by atoms with Crippen molar-refractivity contribution in [1.29, 1.82) is 0 Å². The van der Waals surface area contributed by atoms with Gasteiger partial charge in [-0.3, -0.25) is 9.89 Å². The van der Waals surface area contributed by atoms with Gasteiger partial charge in [0.2, 0.25) is 4.77 Å². The number of aromatic amines is 1. The lowest BCUT2D eigenvalue weighted by Crippen LogP contribution is -2.18. The molecule has 104 valence electrons. The van der Waals surface area contributed by atoms with Gasteiger partial charge in [-0.05, 0) is 24.4 Å². The average Bonchev–Trinajstić information content (AvgIpc) is 2.41. The number of rotatable bonds is 3. The summed E-state index contributed by atoms with van der Waals surface area (Å²) in [5.74, 6) is 0.199. The van der Waals surface area contributed by atoms with E-state index in [0.29, 0.717) is 10.0 Å². The van der Waals surface area contributed by atoms with Crippen LogP contribution in [0.25, 0.3) is 0 Å². The lowest BCUT2D eigenvalue weighted by molar-refractivity contribution is 0.373. The third-order valence-corrected chi connectivity index (χ3v) is 3.06. The number of halogens is 1. The summed E-state index contributed by atoms with van der Waals surface area (Å²) in [7, 11) is 1.44. The molecule has 0 aliphatic rings. The second kappa shape index (κ2) is 5.97. The van der Waals surface area contributed by atoms with Gasteiger partial charge in [0.05, 0.1) is 13.3 Å². The molecule has 0 atom stereocenters. The van der Waals surface area contributed by atoms with Crippen molar-refractivity contribution >= 4 is 34.4 Å². The molecule has 2 aromatic rings. The number of methoxy groups -OCH3 is 1. The summed E-state index contributed by atoms with van der Waals surface area (Å²) >= 11 is 8.18. The first-order chi connectivity index (χ1) is 9.52. The fraction of sp³-hybridized carbons (Fsp3) is 0.0909. The first kappa shape index (κ1) is 14.4. The minimum Gasteiger partial charge on any atom is -0.504 e. The fourth-order valence-electron chi connectivity index (χ4n) is 1.42. The smallest absolute Gasteiger partial charge is 0.293 e. The summed E-state index contributed by atoms with van der Waals surface area (Å²) in [6.07, 6.45) is 2.35. The number of aromatic hydroxyl groups is 1. The molecule has 0 aliphatic carbocycles. The molecule has 1 heterocycles. The minimum absolute atomic E-state index is 0.0511. The number of phenols is 1. The normalized spacial score (nSPS) is 10.9. The van der Waals surface area contributed by atoms with Crippen LogP contribution in [0.4, 0.5) is 0 Å². The van der Waals surface area contributed by atoms with E-state index in [-0.39, 0.29) is 16.3 Å². The van der Waals surface area contributed by atoms with E-state index in [9.17, 15) is 9.90 Å². The van der Waals surface area contributed by atoms with Gasteiger partial charge in [-0.1, -0.05) is 15.9 Å². The van der Waals surface area contributed by atoms with E-state index in [1.54, 1.807) is 12.1 Å². The molecule has 0 spiro atoms. The van der Waals surface area contributed by atoms with Crippen LogP contribution in [-0.4, -0.2) is 33.3 Å². The molecule has 0 unspecified atom stereocenters. The molecule has 9 heteroatoms. The second-order valence-corrected chi connectivity index (χ2v) is 4.92. The number of nitrogens with zero attached hydrogens (tertiary/aromatic N) is 3. The van der Waals surface area contributed by atoms with E-state index in [4.69, 9.17) is 17.0 Å². The minimum atomic E-state index is -0.480. The molecule has 1 aromatic carbocycles. The first-order valence-corrected chi connectivity index (χ1v) is 6.50. The molecule has 0 fully saturated rings. The molecular formula is C11H9BrN4O3S. The van der Waals surface area contributed by atoms with Crippen LogP contribution in [0, 0.1) is 4.77 Å². The maximum Gasteiger partial charge on any atom is 0.293 e. The molecule has 0 saturated carbocycles. The van der Waals surface area contributed by atoms with Gasteiger partial charge in [0.25, 0.3) is 5.56 Å². The number of phenolic OH excluding ortho intramolecular Hbond substituents is 1. The van der Waals surface area contributed by atoms with Crippen molar-refractivity contribution in [2.24, 2.45) is 5.10 Å². The van der Waals surface area contributed by atoms with Crippen LogP contribution < -0.4 is 10.3 Å². The topological polar surface area (TPSA) is 92.5 Å². The highest BCUT2D eigenvalue weighted by Gasteiger charge is 2.08. The summed E-state index contributed by atoms with van der Waals surface area (Å²) in [6, 6.07) is 3.23. The molecule has 0 saturated heterocycles. The highest BCUT2D eigenvalue weighted by atomic mass is 79.9. The van der Waals surface area contributed by atoms with Crippen molar-refractivity contribution in [2.45, 2.75) is 0 Å². The summed E-state index contributed by atoms with van der Waals surface area (Å²) in [5.41, 5.74) is -0.110. The van der Waals surface area contributed by atoms with Crippen molar-refractivity contribution in [3.63, 3.8) is 0 Å². The number of ether oxygens (including phenoxy) is 1. The zero-order valence-corrected chi connectivity index (χ0v) is 12.6. The van der Waals surface area contributed by atoms with Gasteiger partial charge in [0, 0.05) is 10.0 Å². The predicted molar refractivity (Wildman–Crippen MR) is 79.0 cm³/mol. The van der Waals surface area contributed by atoms with Gasteiger partial charge in [-0.2, -0.15) is 14.9 Å². The van der Waals surface area contributed by atoms with Gasteiger partial charge in [0.1, 0.15) is 6.20 Å². The van der Waals surface area contributed by atoms with Crippen LogP contribution >= 0.6 is 28.1 Å². The zero-order chi connectivity index (χ0) is 14.7. The number of aromatic nitrogens is 3. The van der Waals surface area contributed by atoms with Crippen molar-refractivity contribution in [3.8, 4) is 11.5 Å². The quantitative estimate of drug-likeness (QED) is 0.644. The Morgan fingerprint density at radius 3 is 3.00 bits per heavy atom. The van der Waals surface area contributed by atoms with E-state index in [0.717, 1.165) is 10.9 Å². The van der Waals surface area contributed by atoms with Crippen LogP contribution in [0.15, 0.2) is 32.7 Å². The Bertz CT molecular complexity index is 756. The molecule has 0 bridgehead atoms. The summed E-state index contributed by atoms with van der Waals surface area (Å²) in [5, 5.41) is 19.9. The van der Waals surface area contributed by atoms with E-state index in [1.807, 2.05) is 0 Å². The lowest BCUT2D eigenvalue weighted by Gasteiger charge is -2.06. The molecule has 2 rings (SSSR count). The number of nitrogens with one attached hydrogen (secondary N) is 1. The number of benzene rings is 1. The van der Waals surface area contributed by atoms with Crippen LogP contribution in [0.2, 0.25) is 0 Å². The highest BCUT2D eigenvalue weighted by molar-refractivity contribution is 9.10. The van der Waals surface area contributed by atoms with Gasteiger partial charge < -0.3 is 9.84 Å². The Morgan fingerprint density at radius 2 is 2.35 bits per heavy atom. The molecule has 0 aliphatic heterocycles. The Kier molecular flexibility index (Phi) is 4.30. The largest absolute Gasteiger partial charge is 0.504 e. The number of hydrogen-bond acceptors (Lipinski definition) is 6. The third kappa shape index (κ3) is 2.94. The van der Waals surface area contributed by atoms with Crippen molar-refractivity contribution in [2.75, 3.05) is 7.11 Å². The van der Waals surface area contributed by atoms with Gasteiger partial charge in [0.15, 0.2) is 11.5 Å². The highest BCUT2D eigenvalue weighted by Crippen LogP contribution is 2.32. The van der Waals surface area contributed by atoms with Crippen molar-refractivity contribution < 1.29 is 9.84 Å². The standard InChI is InChI=1S/C11H9BrN4O3S/c1-19-8-3-7(12)2-6(10(8)18)4-14-16-9(17)5-13-15-11(16)20/h2-5,18H,1H3,(H,15,20)/b14-4-. The molecule has 0 amide bonds. The molecule has 0 radical (unpaired) electrons. The number of H-pyrrole nitrogens is 1. The van der Waals surface area contributed by atoms with Crippen LogP contribution in [-0.2, 0) is 0 Å². The molecular weight excluding hydrogens is 348 g/mol. The second-order valence-electron chi connectivity index (χ2n) is 3.62. The first-order valence-electron chi connectivity index (χ1n) is 5.30. The fourth-order valence-corrected chi connectivity index (χ4v) is 2.07. The summed E-state index contributed by atoms with van der Waals surface area (Å²) in [4.78, 5) is 11.5. The number of hydrogen-bond donors (Lipinski definition) is 2. The van der Waals surface area contributed by atoms with Gasteiger partial charge in [-0.15, -0.1) is 0 Å². The Morgan fingerprint density at radius 1 is 1.60 bits per heavy atom. The van der Waals surface area contributed by atoms with Crippen molar-refractivity contribution in [1.82, 2.24) is 14.9 Å². The Hall–Kier alpha value is -2.00. The van der Waals surface area contributed by atoms with Crippen LogP contribution in [0.5, 0.6) is 11.5 Å². The summed E-state index contributed by atoms with van der Waals surface area (Å²) < 4.78 is 6.72. The van der Waals surface area contributed by atoms with Crippen LogP contribution in [0.1, 0.15) is 5.56 Å². The Labute approximate surface area is 126 Å². The van der Waals surface area contributed by atoms with E-state index in [2.05, 4.69) is 31.2 Å². The molecule has 2 N–H and O–H groups in total. The van der Waals surface area contributed by atoms with Crippen molar-refractivity contribution in [3.05, 3.63) is 43.5 Å². The lowest BCUT2D eigenvalue weighted by atomic mass is 10.2. The SMILES string of the molecule is COc1cc(Br)cc(/C=N\n2c(=O)cn[nH]c2=S)c1O. The van der Waals surface area contributed by atoms with Crippen LogP contribution in [0.3, 0.4) is 0 Å². The van der Waals surface area contributed by atoms with Gasteiger partial charge in [-0.25, -0.2) is 0 Å². The third-order valence-electron chi connectivity index (χ3n) is 2.34. The average molecular weight is 357 g/mol. The van der Waals surface area contributed by atoms with E-state index < -0.39 is 5.56 Å². The van der Waals surface area contributed by atoms with E-state index in [1.165, 1.54) is 13.3 Å². The molecule has 7 nitrogen and oxygen atoms in total. The zero-order valence-electron chi connectivity index (χ0n) is 10.2. The molecule has 20 heavy (non-hydrogen) atoms. The maximum atomic E-state index is 11.5. The van der Waals surface area contributed by atoms with E-state index >= 15 is 0 Å². The van der Waals surface area contributed by atoms with Gasteiger partial charge >= 0.3 is 0 Å².